The third-order valence-electron chi connectivity index (χ3n) is 6.02. The van der Waals surface area contributed by atoms with Crippen LogP contribution >= 0.6 is 127 Å². The highest BCUT2D eigenvalue weighted by Crippen LogP contribution is 2.79. The van der Waals surface area contributed by atoms with Gasteiger partial charge in [0.05, 0.1) is 26.4 Å². The maximum atomic E-state index is 4.21. The summed E-state index contributed by atoms with van der Waals surface area (Å²) in [6.45, 7) is 6.68. The number of allylic oxidation sites excluding steroid dienone is 2. The van der Waals surface area contributed by atoms with Gasteiger partial charge in [-0.15, -0.1) is 0 Å². The van der Waals surface area contributed by atoms with Gasteiger partial charge in [-0.05, 0) is 31.9 Å². The Balaban J connectivity index is 2.46. The molecule has 0 saturated heterocycles. The minimum atomic E-state index is -0.443. The smallest absolute Gasteiger partial charge is 0.0821 e. The first kappa shape index (κ1) is 23.5. The average molecular weight is 872 g/mol. The fourth-order valence-electron chi connectivity index (χ4n) is 4.15. The van der Waals surface area contributed by atoms with Gasteiger partial charge >= 0.3 is 0 Å². The standard InChI is InChI=1S/C18H16Br8/c1-13(20)14(2,21)17(24)11(9-12(19)18(25,26)15(17,3)22)16(13,23)10-7-5-4-6-8-10/h4-9,12H,1-3H3. The maximum absolute atomic E-state index is 4.21. The van der Waals surface area contributed by atoms with E-state index in [9.17, 15) is 0 Å². The highest BCUT2D eigenvalue weighted by Gasteiger charge is 2.82. The minimum absolute atomic E-state index is 0.0605. The number of rotatable bonds is 1. The fourth-order valence-corrected chi connectivity index (χ4v) is 12.4. The van der Waals surface area contributed by atoms with Crippen molar-refractivity contribution in [2.45, 2.75) is 50.5 Å². The molecule has 2 aliphatic carbocycles. The molecular weight excluding hydrogens is 855 g/mol. The lowest BCUT2D eigenvalue weighted by atomic mass is 9.75. The van der Waals surface area contributed by atoms with Crippen molar-refractivity contribution in [1.82, 2.24) is 0 Å². The first-order valence-electron chi connectivity index (χ1n) is 7.86. The van der Waals surface area contributed by atoms with Crippen molar-refractivity contribution >= 4 is 127 Å². The van der Waals surface area contributed by atoms with E-state index < -0.39 is 16.2 Å². The van der Waals surface area contributed by atoms with E-state index in [-0.39, 0.29) is 13.5 Å². The molecule has 26 heavy (non-hydrogen) atoms. The third kappa shape index (κ3) is 2.54. The van der Waals surface area contributed by atoms with Gasteiger partial charge < -0.3 is 0 Å². The zero-order valence-electron chi connectivity index (χ0n) is 14.1. The van der Waals surface area contributed by atoms with Crippen LogP contribution in [0.1, 0.15) is 26.3 Å². The largest absolute Gasteiger partial charge is 0.113 e. The lowest BCUT2D eigenvalue weighted by molar-refractivity contribution is 0.405. The van der Waals surface area contributed by atoms with Crippen molar-refractivity contribution in [1.29, 1.82) is 0 Å². The molecule has 0 amide bonds. The monoisotopic (exact) mass is 863 g/mol. The van der Waals surface area contributed by atoms with Crippen molar-refractivity contribution in [3.8, 4) is 0 Å². The van der Waals surface area contributed by atoms with E-state index in [1.165, 1.54) is 11.1 Å². The average Bonchev–Trinajstić information content (AvgIpc) is 2.64. The Hall–Kier alpha value is 2.80. The van der Waals surface area contributed by atoms with Crippen LogP contribution in [0, 0.1) is 0 Å². The molecule has 0 radical (unpaired) electrons. The highest BCUT2D eigenvalue weighted by atomic mass is 79.9. The maximum Gasteiger partial charge on any atom is 0.113 e. The van der Waals surface area contributed by atoms with Gasteiger partial charge in [0.25, 0.3) is 0 Å². The number of fused-ring (bicyclic) bond motifs is 1. The molecular formula is C18H16Br8. The second-order valence-electron chi connectivity index (χ2n) is 7.30. The molecule has 3 rings (SSSR count). The van der Waals surface area contributed by atoms with Crippen molar-refractivity contribution in [3.05, 3.63) is 47.5 Å². The van der Waals surface area contributed by atoms with Crippen LogP contribution in [0.3, 0.4) is 0 Å². The molecule has 0 N–H and O–H groups in total. The number of hydrogen-bond donors (Lipinski definition) is 0. The Kier molecular flexibility index (Phi) is 6.23. The molecule has 0 nitrogen and oxygen atoms in total. The zero-order valence-corrected chi connectivity index (χ0v) is 26.8. The SMILES string of the molecule is CC1(Br)C(Br)(c2ccccc2)C2=CC(Br)C(Br)(Br)C(C)(Br)C2(Br)C1(C)Br. The Morgan fingerprint density at radius 1 is 0.731 bits per heavy atom. The van der Waals surface area contributed by atoms with E-state index >= 15 is 0 Å². The van der Waals surface area contributed by atoms with Gasteiger partial charge in [-0.25, -0.2) is 0 Å². The number of benzene rings is 1. The van der Waals surface area contributed by atoms with Crippen molar-refractivity contribution in [2.24, 2.45) is 0 Å². The molecule has 0 aromatic heterocycles. The zero-order chi connectivity index (χ0) is 20.0. The summed E-state index contributed by atoms with van der Waals surface area (Å²) in [5, 5.41) is 0. The van der Waals surface area contributed by atoms with Crippen LogP contribution in [0.4, 0.5) is 0 Å². The molecule has 2 aliphatic rings. The van der Waals surface area contributed by atoms with Crippen LogP contribution in [0.15, 0.2) is 42.0 Å². The predicted octanol–water partition coefficient (Wildman–Crippen LogP) is 9.07. The van der Waals surface area contributed by atoms with E-state index in [4.69, 9.17) is 0 Å². The summed E-state index contributed by atoms with van der Waals surface area (Å²) in [5.41, 5.74) is 2.46. The predicted molar refractivity (Wildman–Crippen MR) is 142 cm³/mol. The summed E-state index contributed by atoms with van der Waals surface area (Å²) in [4.78, 5) is 0.0605. The van der Waals surface area contributed by atoms with Crippen molar-refractivity contribution < 1.29 is 0 Å². The highest BCUT2D eigenvalue weighted by molar-refractivity contribution is 9.27. The van der Waals surface area contributed by atoms with E-state index in [1.807, 2.05) is 6.07 Å². The summed E-state index contributed by atoms with van der Waals surface area (Å²) in [6, 6.07) is 10.6. The normalized spacial score (nSPS) is 50.3. The van der Waals surface area contributed by atoms with Gasteiger partial charge in [0.15, 0.2) is 0 Å². The van der Waals surface area contributed by atoms with Crippen LogP contribution in [-0.4, -0.2) is 25.4 Å². The lowest BCUT2D eigenvalue weighted by Gasteiger charge is -2.57. The van der Waals surface area contributed by atoms with Crippen molar-refractivity contribution in [2.75, 3.05) is 0 Å². The molecule has 144 valence electrons. The Morgan fingerprint density at radius 2 is 1.23 bits per heavy atom. The van der Waals surface area contributed by atoms with Crippen molar-refractivity contribution in [3.63, 3.8) is 0 Å². The van der Waals surface area contributed by atoms with Crippen LogP contribution in [0.25, 0.3) is 0 Å². The van der Waals surface area contributed by atoms with Gasteiger partial charge in [-0.3, -0.25) is 0 Å². The Bertz CT molecular complexity index is 767. The van der Waals surface area contributed by atoms with E-state index in [0.717, 1.165) is 0 Å². The molecule has 0 bridgehead atoms. The first-order chi connectivity index (χ1) is 11.6. The molecule has 0 aliphatic heterocycles. The third-order valence-corrected chi connectivity index (χ3v) is 21.7. The van der Waals surface area contributed by atoms with E-state index in [1.54, 1.807) is 0 Å². The van der Waals surface area contributed by atoms with Crippen LogP contribution in [0.5, 0.6) is 0 Å². The fraction of sp³-hybridized carbons (Fsp3) is 0.556. The number of alkyl halides is 8. The summed E-state index contributed by atoms with van der Waals surface area (Å²) >= 11 is 32.5. The van der Waals surface area contributed by atoms with E-state index in [2.05, 4.69) is 179 Å². The number of halogens is 8. The lowest BCUT2D eigenvalue weighted by Crippen LogP contribution is -2.67. The van der Waals surface area contributed by atoms with Gasteiger partial charge in [0, 0.05) is 0 Å². The topological polar surface area (TPSA) is 0 Å². The molecule has 0 heterocycles. The minimum Gasteiger partial charge on any atom is -0.0821 e. The summed E-state index contributed by atoms with van der Waals surface area (Å²) in [5.74, 6) is 0. The Morgan fingerprint density at radius 3 is 1.73 bits per heavy atom. The summed E-state index contributed by atoms with van der Waals surface area (Å²) < 4.78 is -2.40. The van der Waals surface area contributed by atoms with Gasteiger partial charge in [-0.1, -0.05) is 164 Å². The Labute approximate surface area is 222 Å². The molecule has 6 atom stereocenters. The van der Waals surface area contributed by atoms with Crippen LogP contribution in [-0.2, 0) is 4.32 Å². The second-order valence-corrected chi connectivity index (χ2v) is 19.0. The van der Waals surface area contributed by atoms with Crippen LogP contribution in [0.2, 0.25) is 0 Å². The molecule has 6 unspecified atom stereocenters. The molecule has 1 fully saturated rings. The molecule has 1 aromatic rings. The summed E-state index contributed by atoms with van der Waals surface area (Å²) in [6.07, 6.45) is 2.30. The van der Waals surface area contributed by atoms with Gasteiger partial charge in [0.1, 0.15) is 3.23 Å². The second kappa shape index (κ2) is 6.90. The van der Waals surface area contributed by atoms with Gasteiger partial charge in [-0.2, -0.15) is 0 Å². The molecule has 8 heteroatoms. The van der Waals surface area contributed by atoms with Crippen LogP contribution < -0.4 is 0 Å². The molecule has 1 aromatic carbocycles. The first-order valence-corrected chi connectivity index (χ1v) is 14.3. The molecule has 1 saturated carbocycles. The van der Waals surface area contributed by atoms with Gasteiger partial charge in [0.2, 0.25) is 0 Å². The quantitative estimate of drug-likeness (QED) is 0.195. The molecule has 0 spiro atoms. The summed E-state index contributed by atoms with van der Waals surface area (Å²) in [7, 11) is 0. The number of hydrogen-bond acceptors (Lipinski definition) is 0. The van der Waals surface area contributed by atoms with E-state index in [0.29, 0.717) is 0 Å².